The zero-order valence-corrected chi connectivity index (χ0v) is 17.4. The number of nitrogens with one attached hydrogen (secondary N) is 1. The Bertz CT molecular complexity index is 764. The topological polar surface area (TPSA) is 15.3 Å². The molecule has 1 fully saturated rings. The van der Waals surface area contributed by atoms with Crippen LogP contribution in [0.25, 0.3) is 0 Å². The molecule has 1 aliphatic carbocycles. The maximum absolute atomic E-state index is 3.84. The molecule has 148 valence electrons. The number of aryl methyl sites for hydroxylation is 1. The molecule has 2 aliphatic rings. The van der Waals surface area contributed by atoms with E-state index in [1.807, 2.05) is 12.2 Å². The van der Waals surface area contributed by atoms with Crippen molar-refractivity contribution in [2.45, 2.75) is 51.6 Å². The molecule has 2 nitrogen and oxygen atoms in total. The van der Waals surface area contributed by atoms with E-state index in [0.717, 1.165) is 19.5 Å². The molecule has 0 saturated carbocycles. The van der Waals surface area contributed by atoms with Crippen LogP contribution in [0.15, 0.2) is 84.5 Å². The molecule has 1 aliphatic heterocycles. The summed E-state index contributed by atoms with van der Waals surface area (Å²) in [5.41, 5.74) is 5.43. The molecule has 0 bridgehead atoms. The second kappa shape index (κ2) is 10.3. The van der Waals surface area contributed by atoms with Crippen LogP contribution >= 0.6 is 0 Å². The first-order valence-corrected chi connectivity index (χ1v) is 10.6. The highest BCUT2D eigenvalue weighted by Crippen LogP contribution is 2.25. The molecule has 1 heterocycles. The zero-order chi connectivity index (χ0) is 19.8. The lowest BCUT2D eigenvalue weighted by molar-refractivity contribution is 0.425. The standard InChI is InChI=1S/C26H34N2/c1-4-5-14-26(23-11-7-6-8-12-23)22(3)27-20-25-13-9-10-19-28(25)24-17-15-21(2)16-18-24/h4-8,11,14-18,22,25,27H,1,9-10,12-13,19-20H2,2-3H3/b14-5-,26-23+. The van der Waals surface area contributed by atoms with Gasteiger partial charge < -0.3 is 10.2 Å². The molecule has 0 spiro atoms. The van der Waals surface area contributed by atoms with E-state index < -0.39 is 0 Å². The lowest BCUT2D eigenvalue weighted by Crippen LogP contribution is -2.47. The summed E-state index contributed by atoms with van der Waals surface area (Å²) < 4.78 is 0. The highest BCUT2D eigenvalue weighted by molar-refractivity contribution is 5.49. The summed E-state index contributed by atoms with van der Waals surface area (Å²) in [6.45, 7) is 10.4. The van der Waals surface area contributed by atoms with Gasteiger partial charge >= 0.3 is 0 Å². The molecule has 28 heavy (non-hydrogen) atoms. The lowest BCUT2D eigenvalue weighted by Gasteiger charge is -2.38. The number of rotatable bonds is 7. The summed E-state index contributed by atoms with van der Waals surface area (Å²) in [5, 5.41) is 3.83. The second-order valence-electron chi connectivity index (χ2n) is 7.88. The van der Waals surface area contributed by atoms with Crippen LogP contribution in [0.4, 0.5) is 5.69 Å². The summed E-state index contributed by atoms with van der Waals surface area (Å²) in [6.07, 6.45) is 19.7. The molecule has 2 atom stereocenters. The van der Waals surface area contributed by atoms with Gasteiger partial charge in [0.05, 0.1) is 0 Å². The molecule has 2 heteroatoms. The molecule has 1 N–H and O–H groups in total. The quantitative estimate of drug-likeness (QED) is 0.599. The van der Waals surface area contributed by atoms with E-state index in [2.05, 4.69) is 85.3 Å². The Balaban J connectivity index is 1.70. The van der Waals surface area contributed by atoms with Gasteiger partial charge in [0.2, 0.25) is 0 Å². The Morgan fingerprint density at radius 1 is 1.25 bits per heavy atom. The van der Waals surface area contributed by atoms with Gasteiger partial charge in [0.1, 0.15) is 0 Å². The molecule has 0 radical (unpaired) electrons. The molecular formula is C26H34N2. The summed E-state index contributed by atoms with van der Waals surface area (Å²) >= 11 is 0. The molecular weight excluding hydrogens is 340 g/mol. The van der Waals surface area contributed by atoms with E-state index >= 15 is 0 Å². The van der Waals surface area contributed by atoms with Crippen molar-refractivity contribution in [3.8, 4) is 0 Å². The number of anilines is 1. The maximum Gasteiger partial charge on any atom is 0.0414 e. The van der Waals surface area contributed by atoms with Gasteiger partial charge in [0.15, 0.2) is 0 Å². The number of allylic oxidation sites excluding steroid dienone is 7. The van der Waals surface area contributed by atoms with Crippen LogP contribution in [0.2, 0.25) is 0 Å². The van der Waals surface area contributed by atoms with Gasteiger partial charge in [-0.3, -0.25) is 0 Å². The summed E-state index contributed by atoms with van der Waals surface area (Å²) in [7, 11) is 0. The Kier molecular flexibility index (Phi) is 7.50. The monoisotopic (exact) mass is 374 g/mol. The fourth-order valence-corrected chi connectivity index (χ4v) is 4.14. The van der Waals surface area contributed by atoms with E-state index in [4.69, 9.17) is 0 Å². The van der Waals surface area contributed by atoms with Gasteiger partial charge in [0, 0.05) is 30.9 Å². The minimum atomic E-state index is 0.309. The number of nitrogens with zero attached hydrogens (tertiary/aromatic N) is 1. The Morgan fingerprint density at radius 3 is 2.79 bits per heavy atom. The third-order valence-corrected chi connectivity index (χ3v) is 5.78. The van der Waals surface area contributed by atoms with Crippen molar-refractivity contribution in [1.82, 2.24) is 5.32 Å². The second-order valence-corrected chi connectivity index (χ2v) is 7.88. The van der Waals surface area contributed by atoms with Crippen LogP contribution in [0, 0.1) is 6.92 Å². The van der Waals surface area contributed by atoms with Crippen molar-refractivity contribution in [3.63, 3.8) is 0 Å². The van der Waals surface area contributed by atoms with Crippen LogP contribution in [0.3, 0.4) is 0 Å². The summed E-state index contributed by atoms with van der Waals surface area (Å²) in [5.74, 6) is 0. The van der Waals surface area contributed by atoms with Crippen molar-refractivity contribution in [1.29, 1.82) is 0 Å². The van der Waals surface area contributed by atoms with Crippen molar-refractivity contribution in [2.75, 3.05) is 18.0 Å². The lowest BCUT2D eigenvalue weighted by atomic mass is 9.95. The third kappa shape index (κ3) is 5.36. The molecule has 0 amide bonds. The summed E-state index contributed by atoms with van der Waals surface area (Å²) in [4.78, 5) is 2.60. The van der Waals surface area contributed by atoms with Gasteiger partial charge in [-0.2, -0.15) is 0 Å². The molecule has 0 aromatic heterocycles. The molecule has 1 aromatic carbocycles. The molecule has 3 rings (SSSR count). The predicted octanol–water partition coefficient (Wildman–Crippen LogP) is 5.89. The number of benzene rings is 1. The average molecular weight is 375 g/mol. The number of piperidine rings is 1. The van der Waals surface area contributed by atoms with Gasteiger partial charge in [-0.15, -0.1) is 0 Å². The first-order valence-electron chi connectivity index (χ1n) is 10.6. The van der Waals surface area contributed by atoms with Gasteiger partial charge in [-0.05, 0) is 62.8 Å². The largest absolute Gasteiger partial charge is 0.367 e. The normalized spacial score (nSPS) is 22.5. The van der Waals surface area contributed by atoms with E-state index in [9.17, 15) is 0 Å². The first-order chi connectivity index (χ1) is 13.7. The van der Waals surface area contributed by atoms with E-state index in [-0.39, 0.29) is 0 Å². The zero-order valence-electron chi connectivity index (χ0n) is 17.4. The Morgan fingerprint density at radius 2 is 2.07 bits per heavy atom. The highest BCUT2D eigenvalue weighted by atomic mass is 15.2. The van der Waals surface area contributed by atoms with Crippen LogP contribution < -0.4 is 10.2 Å². The molecule has 1 saturated heterocycles. The van der Waals surface area contributed by atoms with Crippen molar-refractivity contribution in [2.24, 2.45) is 0 Å². The third-order valence-electron chi connectivity index (χ3n) is 5.78. The SMILES string of the molecule is C=C/C=C\C(=C1\C=CC=CC1)C(C)NCC1CCCCN1c1ccc(C)cc1. The predicted molar refractivity (Wildman–Crippen MR) is 123 cm³/mol. The van der Waals surface area contributed by atoms with Gasteiger partial charge in [-0.25, -0.2) is 0 Å². The fourth-order valence-electron chi connectivity index (χ4n) is 4.14. The minimum absolute atomic E-state index is 0.309. The van der Waals surface area contributed by atoms with E-state index in [1.54, 1.807) is 0 Å². The summed E-state index contributed by atoms with van der Waals surface area (Å²) in [6, 6.07) is 9.86. The number of hydrogen-bond acceptors (Lipinski definition) is 2. The van der Waals surface area contributed by atoms with Crippen molar-refractivity contribution < 1.29 is 0 Å². The van der Waals surface area contributed by atoms with Crippen molar-refractivity contribution in [3.05, 3.63) is 90.1 Å². The van der Waals surface area contributed by atoms with Gasteiger partial charge in [-0.1, -0.05) is 66.8 Å². The number of hydrogen-bond donors (Lipinski definition) is 1. The van der Waals surface area contributed by atoms with Crippen LogP contribution in [-0.2, 0) is 0 Å². The van der Waals surface area contributed by atoms with Crippen molar-refractivity contribution >= 4 is 5.69 Å². The fraction of sp³-hybridized carbons (Fsp3) is 0.385. The Labute approximate surface area is 171 Å². The highest BCUT2D eigenvalue weighted by Gasteiger charge is 2.23. The average Bonchev–Trinajstić information content (AvgIpc) is 2.74. The Hall–Kier alpha value is -2.32. The van der Waals surface area contributed by atoms with E-state index in [1.165, 1.54) is 41.7 Å². The maximum atomic E-state index is 3.84. The van der Waals surface area contributed by atoms with E-state index in [0.29, 0.717) is 12.1 Å². The van der Waals surface area contributed by atoms with Crippen LogP contribution in [0.5, 0.6) is 0 Å². The van der Waals surface area contributed by atoms with Crippen LogP contribution in [0.1, 0.15) is 38.2 Å². The molecule has 2 unspecified atom stereocenters. The smallest absolute Gasteiger partial charge is 0.0414 e. The minimum Gasteiger partial charge on any atom is -0.367 e. The van der Waals surface area contributed by atoms with Crippen LogP contribution in [-0.4, -0.2) is 25.2 Å². The molecule has 1 aromatic rings. The van der Waals surface area contributed by atoms with Gasteiger partial charge in [0.25, 0.3) is 0 Å². The first kappa shape index (κ1) is 20.4.